The molecule has 148 valence electrons. The van der Waals surface area contributed by atoms with Crippen molar-refractivity contribution in [3.8, 4) is 17.5 Å². The first-order valence-electron chi connectivity index (χ1n) is 9.03. The standard InChI is InChI=1S/C20H19FN6OS/c1-2-26-19(15-8-11-23-12-9-15)24-25-20(26)29-14-18(28)27(13-3-10-22)17-6-4-16(21)5-7-17/h4-9,11-12H,2-3,13-14H2,1H3. The number of anilines is 1. The Morgan fingerprint density at radius 2 is 1.93 bits per heavy atom. The Morgan fingerprint density at radius 3 is 2.59 bits per heavy atom. The van der Waals surface area contributed by atoms with Crippen LogP contribution < -0.4 is 4.90 Å². The maximum atomic E-state index is 13.2. The van der Waals surface area contributed by atoms with Crippen molar-refractivity contribution in [3.05, 3.63) is 54.6 Å². The molecule has 9 heteroatoms. The average Bonchev–Trinajstić information content (AvgIpc) is 3.17. The number of pyridine rings is 1. The van der Waals surface area contributed by atoms with Gasteiger partial charge in [-0.15, -0.1) is 10.2 Å². The van der Waals surface area contributed by atoms with Gasteiger partial charge in [-0.3, -0.25) is 9.78 Å². The van der Waals surface area contributed by atoms with Gasteiger partial charge in [0.2, 0.25) is 5.91 Å². The van der Waals surface area contributed by atoms with Crippen LogP contribution in [-0.4, -0.2) is 38.0 Å². The molecule has 2 aromatic heterocycles. The summed E-state index contributed by atoms with van der Waals surface area (Å²) in [6.07, 6.45) is 3.57. The van der Waals surface area contributed by atoms with E-state index in [1.165, 1.54) is 40.9 Å². The van der Waals surface area contributed by atoms with Crippen LogP contribution in [0.4, 0.5) is 10.1 Å². The Balaban J connectivity index is 1.75. The highest BCUT2D eigenvalue weighted by Crippen LogP contribution is 2.25. The van der Waals surface area contributed by atoms with E-state index in [-0.39, 0.29) is 30.4 Å². The molecule has 0 fully saturated rings. The number of nitrogens with zero attached hydrogens (tertiary/aromatic N) is 6. The minimum absolute atomic E-state index is 0.122. The molecule has 1 aromatic carbocycles. The minimum Gasteiger partial charge on any atom is -0.311 e. The van der Waals surface area contributed by atoms with E-state index in [0.29, 0.717) is 23.2 Å². The van der Waals surface area contributed by atoms with Gasteiger partial charge in [0.1, 0.15) is 5.82 Å². The average molecular weight is 410 g/mol. The third-order valence-electron chi connectivity index (χ3n) is 4.18. The molecule has 0 atom stereocenters. The van der Waals surface area contributed by atoms with E-state index in [0.717, 1.165) is 5.56 Å². The van der Waals surface area contributed by atoms with Crippen molar-refractivity contribution in [2.24, 2.45) is 0 Å². The fraction of sp³-hybridized carbons (Fsp3) is 0.250. The molecule has 2 heterocycles. The lowest BCUT2D eigenvalue weighted by molar-refractivity contribution is -0.116. The largest absolute Gasteiger partial charge is 0.311 e. The number of carbonyl (C=O) groups is 1. The van der Waals surface area contributed by atoms with Crippen molar-refractivity contribution in [2.75, 3.05) is 17.2 Å². The second-order valence-electron chi connectivity index (χ2n) is 6.00. The van der Waals surface area contributed by atoms with E-state index in [9.17, 15) is 9.18 Å². The van der Waals surface area contributed by atoms with Crippen molar-refractivity contribution < 1.29 is 9.18 Å². The first kappa shape index (κ1) is 20.5. The smallest absolute Gasteiger partial charge is 0.237 e. The number of hydrogen-bond acceptors (Lipinski definition) is 6. The SMILES string of the molecule is CCn1c(SCC(=O)N(CCC#N)c2ccc(F)cc2)nnc1-c1ccncc1. The maximum absolute atomic E-state index is 13.2. The highest BCUT2D eigenvalue weighted by Gasteiger charge is 2.19. The molecule has 0 spiro atoms. The molecular formula is C20H19FN6OS. The second-order valence-corrected chi connectivity index (χ2v) is 6.95. The van der Waals surface area contributed by atoms with Crippen LogP contribution in [0.2, 0.25) is 0 Å². The first-order chi connectivity index (χ1) is 14.1. The number of carbonyl (C=O) groups excluding carboxylic acids is 1. The Bertz CT molecular complexity index is 1000. The van der Waals surface area contributed by atoms with Crippen LogP contribution in [0.3, 0.4) is 0 Å². The van der Waals surface area contributed by atoms with Gasteiger partial charge in [-0.1, -0.05) is 11.8 Å². The molecule has 29 heavy (non-hydrogen) atoms. The van der Waals surface area contributed by atoms with Crippen molar-refractivity contribution in [2.45, 2.75) is 25.0 Å². The summed E-state index contributed by atoms with van der Waals surface area (Å²) in [5, 5.41) is 18.0. The lowest BCUT2D eigenvalue weighted by Crippen LogP contribution is -2.33. The number of amides is 1. The van der Waals surface area contributed by atoms with E-state index in [4.69, 9.17) is 5.26 Å². The van der Waals surface area contributed by atoms with Gasteiger partial charge >= 0.3 is 0 Å². The first-order valence-corrected chi connectivity index (χ1v) is 10.0. The summed E-state index contributed by atoms with van der Waals surface area (Å²) in [5.41, 5.74) is 1.45. The molecule has 0 N–H and O–H groups in total. The number of aromatic nitrogens is 4. The van der Waals surface area contributed by atoms with E-state index in [1.807, 2.05) is 29.7 Å². The third kappa shape index (κ3) is 4.97. The van der Waals surface area contributed by atoms with Crippen LogP contribution in [0.25, 0.3) is 11.4 Å². The van der Waals surface area contributed by atoms with Crippen LogP contribution >= 0.6 is 11.8 Å². The van der Waals surface area contributed by atoms with E-state index >= 15 is 0 Å². The van der Waals surface area contributed by atoms with Crippen molar-refractivity contribution in [1.29, 1.82) is 5.26 Å². The predicted octanol–water partition coefficient (Wildman–Crippen LogP) is 3.54. The highest BCUT2D eigenvalue weighted by molar-refractivity contribution is 7.99. The number of benzene rings is 1. The molecule has 0 radical (unpaired) electrons. The molecule has 3 rings (SSSR count). The van der Waals surface area contributed by atoms with Crippen LogP contribution in [0.1, 0.15) is 13.3 Å². The second kappa shape index (κ2) is 9.80. The Hall–Kier alpha value is -3.25. The summed E-state index contributed by atoms with van der Waals surface area (Å²) in [4.78, 5) is 18.3. The van der Waals surface area contributed by atoms with Gasteiger partial charge in [0.05, 0.1) is 18.2 Å². The zero-order chi connectivity index (χ0) is 20.6. The number of nitriles is 1. The summed E-state index contributed by atoms with van der Waals surface area (Å²) in [6.45, 7) is 2.87. The number of thioether (sulfide) groups is 1. The van der Waals surface area contributed by atoms with Crippen molar-refractivity contribution in [1.82, 2.24) is 19.7 Å². The summed E-state index contributed by atoms with van der Waals surface area (Å²) in [5.74, 6) is 0.269. The van der Waals surface area contributed by atoms with Gasteiger partial charge < -0.3 is 9.47 Å². The molecule has 0 saturated carbocycles. The van der Waals surface area contributed by atoms with E-state index < -0.39 is 0 Å². The third-order valence-corrected chi connectivity index (χ3v) is 5.13. The molecule has 0 saturated heterocycles. The van der Waals surface area contributed by atoms with Gasteiger partial charge in [-0.05, 0) is 43.3 Å². The van der Waals surface area contributed by atoms with Crippen LogP contribution in [0, 0.1) is 17.1 Å². The predicted molar refractivity (Wildman–Crippen MR) is 109 cm³/mol. The van der Waals surface area contributed by atoms with Gasteiger partial charge in [0, 0.05) is 36.7 Å². The van der Waals surface area contributed by atoms with Crippen molar-refractivity contribution >= 4 is 23.4 Å². The van der Waals surface area contributed by atoms with Gasteiger partial charge in [0.25, 0.3) is 0 Å². The molecule has 0 bridgehead atoms. The van der Waals surface area contributed by atoms with Crippen LogP contribution in [-0.2, 0) is 11.3 Å². The maximum Gasteiger partial charge on any atom is 0.237 e. The highest BCUT2D eigenvalue weighted by atomic mass is 32.2. The fourth-order valence-corrected chi connectivity index (χ4v) is 3.66. The number of halogens is 1. The Labute approximate surface area is 172 Å². The van der Waals surface area contributed by atoms with E-state index in [2.05, 4.69) is 15.2 Å². The number of hydrogen-bond donors (Lipinski definition) is 0. The normalized spacial score (nSPS) is 10.5. The molecule has 0 aliphatic rings. The van der Waals surface area contributed by atoms with Crippen LogP contribution in [0.5, 0.6) is 0 Å². The fourth-order valence-electron chi connectivity index (χ4n) is 2.78. The van der Waals surface area contributed by atoms with Crippen LogP contribution in [0.15, 0.2) is 53.9 Å². The molecular weight excluding hydrogens is 391 g/mol. The number of rotatable bonds is 8. The molecule has 0 aliphatic carbocycles. The molecule has 0 aliphatic heterocycles. The Kier molecular flexibility index (Phi) is 6.92. The molecule has 3 aromatic rings. The quantitative estimate of drug-likeness (QED) is 0.528. The minimum atomic E-state index is -0.379. The zero-order valence-corrected chi connectivity index (χ0v) is 16.6. The lowest BCUT2D eigenvalue weighted by atomic mass is 10.2. The summed E-state index contributed by atoms with van der Waals surface area (Å²) in [7, 11) is 0. The molecule has 0 unspecified atom stereocenters. The van der Waals surface area contributed by atoms with E-state index in [1.54, 1.807) is 12.4 Å². The summed E-state index contributed by atoms with van der Waals surface area (Å²) >= 11 is 1.28. The topological polar surface area (TPSA) is 87.7 Å². The zero-order valence-electron chi connectivity index (χ0n) is 15.8. The molecule has 7 nitrogen and oxygen atoms in total. The van der Waals surface area contributed by atoms with Crippen molar-refractivity contribution in [3.63, 3.8) is 0 Å². The Morgan fingerprint density at radius 1 is 1.21 bits per heavy atom. The summed E-state index contributed by atoms with van der Waals surface area (Å²) < 4.78 is 15.2. The molecule has 1 amide bonds. The van der Waals surface area contributed by atoms with Gasteiger partial charge in [-0.25, -0.2) is 4.39 Å². The monoisotopic (exact) mass is 410 g/mol. The van der Waals surface area contributed by atoms with Gasteiger partial charge in [0.15, 0.2) is 11.0 Å². The summed E-state index contributed by atoms with van der Waals surface area (Å²) in [6, 6.07) is 11.4. The lowest BCUT2D eigenvalue weighted by Gasteiger charge is -2.21. The van der Waals surface area contributed by atoms with Gasteiger partial charge in [-0.2, -0.15) is 5.26 Å².